The van der Waals surface area contributed by atoms with Crippen LogP contribution in [0, 0.1) is 0 Å². The molecule has 3 N–H and O–H groups in total. The van der Waals surface area contributed by atoms with Crippen molar-refractivity contribution in [1.29, 1.82) is 0 Å². The standard InChI is InChI=1S/C19H25N3O4S.ClH/c1-4-22(5-2)27(24,25)18-13-16(11-12-17(18)26-6-3)21-19(23)14-7-9-15(20)10-8-14;/h7-13H,4-6,20H2,1-3H3,(H,21,23);1H. The van der Waals surface area contributed by atoms with E-state index in [4.69, 9.17) is 10.5 Å². The van der Waals surface area contributed by atoms with Crippen molar-refractivity contribution in [3.8, 4) is 5.75 Å². The van der Waals surface area contributed by atoms with Gasteiger partial charge in [-0.25, -0.2) is 8.42 Å². The largest absolute Gasteiger partial charge is 0.492 e. The molecule has 9 heteroatoms. The molecular weight excluding hydrogens is 402 g/mol. The lowest BCUT2D eigenvalue weighted by Gasteiger charge is -2.21. The van der Waals surface area contributed by atoms with E-state index in [0.717, 1.165) is 0 Å². The summed E-state index contributed by atoms with van der Waals surface area (Å²) in [5.41, 5.74) is 6.97. The fraction of sp³-hybridized carbons (Fsp3) is 0.316. The van der Waals surface area contributed by atoms with E-state index in [-0.39, 0.29) is 29.0 Å². The SMILES string of the molecule is CCOc1ccc(NC(=O)c2ccc(N)cc2)cc1S(=O)(=O)N(CC)CC.Cl. The molecule has 154 valence electrons. The van der Waals surface area contributed by atoms with Gasteiger partial charge >= 0.3 is 0 Å². The van der Waals surface area contributed by atoms with Crippen molar-refractivity contribution >= 4 is 39.7 Å². The van der Waals surface area contributed by atoms with Crippen molar-refractivity contribution in [2.24, 2.45) is 0 Å². The van der Waals surface area contributed by atoms with Gasteiger partial charge in [0.05, 0.1) is 6.61 Å². The van der Waals surface area contributed by atoms with Gasteiger partial charge in [0.2, 0.25) is 10.0 Å². The quantitative estimate of drug-likeness (QED) is 0.629. The minimum absolute atomic E-state index is 0. The second-order valence-electron chi connectivity index (χ2n) is 5.76. The number of sulfonamides is 1. The number of amides is 1. The second kappa shape index (κ2) is 10.3. The average Bonchev–Trinajstić information content (AvgIpc) is 2.64. The number of carbonyl (C=O) groups excluding carboxylic acids is 1. The minimum atomic E-state index is -3.74. The van der Waals surface area contributed by atoms with Crippen LogP contribution in [0.4, 0.5) is 11.4 Å². The van der Waals surface area contributed by atoms with Gasteiger partial charge in [-0.2, -0.15) is 4.31 Å². The molecule has 0 heterocycles. The van der Waals surface area contributed by atoms with E-state index in [1.807, 2.05) is 0 Å². The average molecular weight is 428 g/mol. The Bertz CT molecular complexity index is 898. The van der Waals surface area contributed by atoms with Crippen LogP contribution in [0.2, 0.25) is 0 Å². The van der Waals surface area contributed by atoms with Crippen molar-refractivity contribution < 1.29 is 17.9 Å². The molecule has 7 nitrogen and oxygen atoms in total. The van der Waals surface area contributed by atoms with Gasteiger partial charge in [-0.3, -0.25) is 4.79 Å². The molecule has 0 atom stereocenters. The van der Waals surface area contributed by atoms with Gasteiger partial charge in [0.25, 0.3) is 5.91 Å². The van der Waals surface area contributed by atoms with Crippen LogP contribution < -0.4 is 15.8 Å². The minimum Gasteiger partial charge on any atom is -0.492 e. The van der Waals surface area contributed by atoms with E-state index >= 15 is 0 Å². The van der Waals surface area contributed by atoms with Crippen LogP contribution in [0.5, 0.6) is 5.75 Å². The summed E-state index contributed by atoms with van der Waals surface area (Å²) < 4.78 is 32.7. The third-order valence-electron chi connectivity index (χ3n) is 4.00. The van der Waals surface area contributed by atoms with Gasteiger partial charge in [0.15, 0.2) is 0 Å². The summed E-state index contributed by atoms with van der Waals surface area (Å²) in [6, 6.07) is 11.1. The number of halogens is 1. The Labute approximate surface area is 172 Å². The maximum absolute atomic E-state index is 13.0. The molecule has 0 aliphatic heterocycles. The van der Waals surface area contributed by atoms with E-state index < -0.39 is 10.0 Å². The number of hydrogen-bond donors (Lipinski definition) is 2. The van der Waals surface area contributed by atoms with Gasteiger partial charge in [-0.05, 0) is 49.4 Å². The Morgan fingerprint density at radius 2 is 1.68 bits per heavy atom. The molecule has 0 fully saturated rings. The molecular formula is C19H26ClN3O4S. The number of anilines is 2. The van der Waals surface area contributed by atoms with Crippen molar-refractivity contribution in [3.05, 3.63) is 48.0 Å². The smallest absolute Gasteiger partial charge is 0.255 e. The first-order chi connectivity index (χ1) is 12.8. The Balaban J connectivity index is 0.00000392. The molecule has 2 aromatic rings. The summed E-state index contributed by atoms with van der Waals surface area (Å²) in [5, 5.41) is 2.72. The molecule has 0 aliphatic rings. The van der Waals surface area contributed by atoms with Gasteiger partial charge in [0, 0.05) is 30.0 Å². The molecule has 0 spiro atoms. The molecule has 2 aromatic carbocycles. The van der Waals surface area contributed by atoms with Gasteiger partial charge < -0.3 is 15.8 Å². The molecule has 0 aromatic heterocycles. The summed E-state index contributed by atoms with van der Waals surface area (Å²) in [6.07, 6.45) is 0. The number of hydrogen-bond acceptors (Lipinski definition) is 5. The fourth-order valence-electron chi connectivity index (χ4n) is 2.60. The topological polar surface area (TPSA) is 102 Å². The Morgan fingerprint density at radius 1 is 1.07 bits per heavy atom. The van der Waals surface area contributed by atoms with E-state index in [1.54, 1.807) is 57.2 Å². The first-order valence-electron chi connectivity index (χ1n) is 8.77. The zero-order chi connectivity index (χ0) is 20.0. The molecule has 0 aliphatic carbocycles. The number of nitrogens with zero attached hydrogens (tertiary/aromatic N) is 1. The first kappa shape index (κ1) is 23.7. The predicted octanol–water partition coefficient (Wildman–Crippen LogP) is 3.37. The number of nitrogens with one attached hydrogen (secondary N) is 1. The van der Waals surface area contributed by atoms with Crippen LogP contribution in [0.25, 0.3) is 0 Å². The van der Waals surface area contributed by atoms with Crippen LogP contribution in [-0.4, -0.2) is 38.3 Å². The zero-order valence-electron chi connectivity index (χ0n) is 16.1. The maximum Gasteiger partial charge on any atom is 0.255 e. The van der Waals surface area contributed by atoms with E-state index in [1.165, 1.54) is 10.4 Å². The molecule has 1 amide bonds. The van der Waals surface area contributed by atoms with E-state index in [0.29, 0.717) is 36.6 Å². The number of carbonyl (C=O) groups is 1. The molecule has 0 saturated heterocycles. The maximum atomic E-state index is 13.0. The van der Waals surface area contributed by atoms with Crippen LogP contribution in [0.1, 0.15) is 31.1 Å². The normalized spacial score (nSPS) is 11.0. The summed E-state index contributed by atoms with van der Waals surface area (Å²) in [4.78, 5) is 12.4. The lowest BCUT2D eigenvalue weighted by atomic mass is 10.2. The highest BCUT2D eigenvalue weighted by Gasteiger charge is 2.26. The lowest BCUT2D eigenvalue weighted by Crippen LogP contribution is -2.31. The van der Waals surface area contributed by atoms with Gasteiger partial charge in [-0.15, -0.1) is 12.4 Å². The molecule has 0 bridgehead atoms. The van der Waals surface area contributed by atoms with Gasteiger partial charge in [-0.1, -0.05) is 13.8 Å². The molecule has 0 saturated carbocycles. The Hall–Kier alpha value is -2.29. The highest BCUT2D eigenvalue weighted by Crippen LogP contribution is 2.30. The number of nitrogens with two attached hydrogens (primary N) is 1. The monoisotopic (exact) mass is 427 g/mol. The summed E-state index contributed by atoms with van der Waals surface area (Å²) >= 11 is 0. The molecule has 0 unspecified atom stereocenters. The van der Waals surface area contributed by atoms with Crippen LogP contribution in [-0.2, 0) is 10.0 Å². The van der Waals surface area contributed by atoms with Gasteiger partial charge in [0.1, 0.15) is 10.6 Å². The Kier molecular flexibility index (Phi) is 8.74. The van der Waals surface area contributed by atoms with Crippen molar-refractivity contribution in [1.82, 2.24) is 4.31 Å². The first-order valence-corrected chi connectivity index (χ1v) is 10.2. The number of rotatable bonds is 8. The number of nitrogen functional groups attached to an aromatic ring is 1. The second-order valence-corrected chi connectivity index (χ2v) is 7.67. The van der Waals surface area contributed by atoms with Crippen LogP contribution >= 0.6 is 12.4 Å². The molecule has 2 rings (SSSR count). The predicted molar refractivity (Wildman–Crippen MR) is 114 cm³/mol. The van der Waals surface area contributed by atoms with Crippen LogP contribution in [0.15, 0.2) is 47.4 Å². The fourth-order valence-corrected chi connectivity index (χ4v) is 4.22. The van der Waals surface area contributed by atoms with Crippen LogP contribution in [0.3, 0.4) is 0 Å². The van der Waals surface area contributed by atoms with Crippen molar-refractivity contribution in [2.75, 3.05) is 30.7 Å². The third-order valence-corrected chi connectivity index (χ3v) is 6.07. The zero-order valence-corrected chi connectivity index (χ0v) is 17.8. The van der Waals surface area contributed by atoms with Crippen molar-refractivity contribution in [3.63, 3.8) is 0 Å². The summed E-state index contributed by atoms with van der Waals surface area (Å²) in [5.74, 6) is -0.0970. The van der Waals surface area contributed by atoms with Crippen molar-refractivity contribution in [2.45, 2.75) is 25.7 Å². The number of benzene rings is 2. The highest BCUT2D eigenvalue weighted by atomic mass is 35.5. The van der Waals surface area contributed by atoms with E-state index in [2.05, 4.69) is 5.32 Å². The van der Waals surface area contributed by atoms with E-state index in [9.17, 15) is 13.2 Å². The summed E-state index contributed by atoms with van der Waals surface area (Å²) in [7, 11) is -3.74. The lowest BCUT2D eigenvalue weighted by molar-refractivity contribution is 0.102. The number of ether oxygens (including phenoxy) is 1. The molecule has 0 radical (unpaired) electrons. The molecule has 28 heavy (non-hydrogen) atoms. The summed E-state index contributed by atoms with van der Waals surface area (Å²) in [6.45, 7) is 6.34. The Morgan fingerprint density at radius 3 is 2.21 bits per heavy atom. The third kappa shape index (κ3) is 5.37. The highest BCUT2D eigenvalue weighted by molar-refractivity contribution is 7.89.